The third kappa shape index (κ3) is 4.45. The van der Waals surface area contributed by atoms with E-state index in [-0.39, 0.29) is 23.4 Å². The second kappa shape index (κ2) is 8.67. The van der Waals surface area contributed by atoms with Gasteiger partial charge in [0.05, 0.1) is 5.69 Å². The molecule has 0 bridgehead atoms. The molecule has 1 aliphatic carbocycles. The number of aromatic nitrogens is 1. The number of nitrogens with one attached hydrogen (secondary N) is 1. The first-order chi connectivity index (χ1) is 14.4. The lowest BCUT2D eigenvalue weighted by Gasteiger charge is -2.34. The van der Waals surface area contributed by atoms with Crippen LogP contribution in [0.3, 0.4) is 0 Å². The molecule has 1 fully saturated rings. The zero-order valence-corrected chi connectivity index (χ0v) is 17.6. The monoisotopic (exact) mass is 434 g/mol. The van der Waals surface area contributed by atoms with Gasteiger partial charge in [-0.3, -0.25) is 9.59 Å². The van der Waals surface area contributed by atoms with E-state index >= 15 is 0 Å². The molecule has 1 N–H and O–H groups in total. The van der Waals surface area contributed by atoms with Crippen LogP contribution >= 0.6 is 11.3 Å². The van der Waals surface area contributed by atoms with Crippen LogP contribution < -0.4 is 10.2 Å². The van der Waals surface area contributed by atoms with E-state index in [0.29, 0.717) is 38.8 Å². The summed E-state index contributed by atoms with van der Waals surface area (Å²) in [5.74, 6) is -1.74. The lowest BCUT2D eigenvalue weighted by atomic mass is 9.90. The highest BCUT2D eigenvalue weighted by molar-refractivity contribution is 7.15. The smallest absolute Gasteiger partial charge is 0.227 e. The summed E-state index contributed by atoms with van der Waals surface area (Å²) >= 11 is 1.60. The predicted molar refractivity (Wildman–Crippen MR) is 112 cm³/mol. The number of piperazine rings is 1. The summed E-state index contributed by atoms with van der Waals surface area (Å²) in [7, 11) is 0. The molecule has 2 aromatic rings. The zero-order valence-electron chi connectivity index (χ0n) is 16.8. The third-order valence-corrected chi connectivity index (χ3v) is 6.82. The van der Waals surface area contributed by atoms with Gasteiger partial charge in [-0.2, -0.15) is 0 Å². The molecular formula is C21H24F2N4O2S. The third-order valence-electron chi connectivity index (χ3n) is 5.63. The predicted octanol–water partition coefficient (Wildman–Crippen LogP) is 3.22. The number of aryl methyl sites for hydroxylation is 1. The number of hydrogen-bond acceptors (Lipinski definition) is 5. The van der Waals surface area contributed by atoms with Crippen LogP contribution in [0.5, 0.6) is 0 Å². The Kier molecular flexibility index (Phi) is 5.99. The van der Waals surface area contributed by atoms with Crippen LogP contribution in [-0.4, -0.2) is 47.9 Å². The molecule has 1 atom stereocenters. The van der Waals surface area contributed by atoms with E-state index < -0.39 is 11.6 Å². The van der Waals surface area contributed by atoms with Gasteiger partial charge in [0.25, 0.3) is 0 Å². The van der Waals surface area contributed by atoms with E-state index in [4.69, 9.17) is 4.98 Å². The average molecular weight is 435 g/mol. The minimum atomic E-state index is -0.718. The Morgan fingerprint density at radius 1 is 1.17 bits per heavy atom. The van der Waals surface area contributed by atoms with Crippen LogP contribution in [0.15, 0.2) is 18.2 Å². The summed E-state index contributed by atoms with van der Waals surface area (Å²) in [6.45, 7) is 4.79. The van der Waals surface area contributed by atoms with Crippen molar-refractivity contribution in [1.82, 2.24) is 9.88 Å². The van der Waals surface area contributed by atoms with E-state index in [0.717, 1.165) is 47.0 Å². The van der Waals surface area contributed by atoms with Crippen LogP contribution in [0, 0.1) is 17.6 Å². The number of carbonyl (C=O) groups is 2. The molecule has 2 heterocycles. The SMILES string of the molecule is CCC(=O)N1CCN(c2nc3c(s2)CC(C(=O)Nc2cc(F)cc(F)c2)CC3)CC1. The van der Waals surface area contributed by atoms with Gasteiger partial charge in [0.2, 0.25) is 11.8 Å². The summed E-state index contributed by atoms with van der Waals surface area (Å²) in [5.41, 5.74) is 1.16. The molecule has 9 heteroatoms. The number of benzene rings is 1. The van der Waals surface area contributed by atoms with E-state index in [1.165, 1.54) is 0 Å². The molecular weight excluding hydrogens is 410 g/mol. The van der Waals surface area contributed by atoms with Gasteiger partial charge in [0.15, 0.2) is 5.13 Å². The summed E-state index contributed by atoms with van der Waals surface area (Å²) in [4.78, 5) is 34.4. The molecule has 160 valence electrons. The summed E-state index contributed by atoms with van der Waals surface area (Å²) < 4.78 is 26.7. The van der Waals surface area contributed by atoms with Crippen molar-refractivity contribution < 1.29 is 18.4 Å². The van der Waals surface area contributed by atoms with Crippen molar-refractivity contribution in [2.24, 2.45) is 5.92 Å². The number of hydrogen-bond donors (Lipinski definition) is 1. The van der Waals surface area contributed by atoms with Crippen molar-refractivity contribution in [3.63, 3.8) is 0 Å². The summed E-state index contributed by atoms with van der Waals surface area (Å²) in [6.07, 6.45) is 2.45. The lowest BCUT2D eigenvalue weighted by molar-refractivity contribution is -0.131. The number of anilines is 2. The number of carbonyl (C=O) groups excluding carboxylic acids is 2. The Labute approximate surface area is 177 Å². The highest BCUT2D eigenvalue weighted by Gasteiger charge is 2.30. The molecule has 2 aliphatic rings. The first-order valence-corrected chi connectivity index (χ1v) is 11.0. The number of nitrogens with zero attached hydrogens (tertiary/aromatic N) is 3. The maximum absolute atomic E-state index is 13.4. The van der Waals surface area contributed by atoms with E-state index in [2.05, 4.69) is 10.2 Å². The Hall–Kier alpha value is -2.55. The number of amides is 2. The second-order valence-electron chi connectivity index (χ2n) is 7.67. The van der Waals surface area contributed by atoms with Crippen molar-refractivity contribution in [1.29, 1.82) is 0 Å². The van der Waals surface area contributed by atoms with Crippen molar-refractivity contribution in [3.05, 3.63) is 40.4 Å². The first-order valence-electron chi connectivity index (χ1n) is 10.2. The Bertz CT molecular complexity index is 936. The Balaban J connectivity index is 1.38. The molecule has 0 spiro atoms. The molecule has 1 aliphatic heterocycles. The molecule has 6 nitrogen and oxygen atoms in total. The maximum atomic E-state index is 13.4. The van der Waals surface area contributed by atoms with Crippen LogP contribution in [-0.2, 0) is 22.4 Å². The van der Waals surface area contributed by atoms with Gasteiger partial charge in [0.1, 0.15) is 11.6 Å². The lowest BCUT2D eigenvalue weighted by Crippen LogP contribution is -2.48. The maximum Gasteiger partial charge on any atom is 0.227 e. The van der Waals surface area contributed by atoms with Gasteiger partial charge in [-0.1, -0.05) is 6.92 Å². The minimum absolute atomic E-state index is 0.132. The standard InChI is InChI=1S/C21H24F2N4O2S/c1-2-19(28)26-5-7-27(8-6-26)21-25-17-4-3-13(9-18(17)30-21)20(29)24-16-11-14(22)10-15(23)12-16/h10-13H,2-9H2,1H3,(H,24,29). The fourth-order valence-electron chi connectivity index (χ4n) is 3.96. The average Bonchev–Trinajstić information content (AvgIpc) is 3.16. The largest absolute Gasteiger partial charge is 0.345 e. The molecule has 2 amide bonds. The molecule has 1 aromatic carbocycles. The zero-order chi connectivity index (χ0) is 21.3. The summed E-state index contributed by atoms with van der Waals surface area (Å²) in [5, 5.41) is 3.57. The van der Waals surface area contributed by atoms with Crippen LogP contribution in [0.4, 0.5) is 19.6 Å². The Morgan fingerprint density at radius 2 is 1.87 bits per heavy atom. The van der Waals surface area contributed by atoms with E-state index in [9.17, 15) is 18.4 Å². The van der Waals surface area contributed by atoms with Crippen molar-refractivity contribution in [3.8, 4) is 0 Å². The Morgan fingerprint density at radius 3 is 2.53 bits per heavy atom. The molecule has 0 radical (unpaired) electrons. The molecule has 30 heavy (non-hydrogen) atoms. The molecule has 1 unspecified atom stereocenters. The van der Waals surface area contributed by atoms with Gasteiger partial charge in [0, 0.05) is 55.1 Å². The summed E-state index contributed by atoms with van der Waals surface area (Å²) in [6, 6.07) is 3.01. The van der Waals surface area contributed by atoms with Gasteiger partial charge < -0.3 is 15.1 Å². The van der Waals surface area contributed by atoms with Crippen LogP contribution in [0.1, 0.15) is 30.3 Å². The van der Waals surface area contributed by atoms with Crippen molar-refractivity contribution in [2.75, 3.05) is 36.4 Å². The fourth-order valence-corrected chi connectivity index (χ4v) is 5.20. The van der Waals surface area contributed by atoms with Gasteiger partial charge in [-0.15, -0.1) is 11.3 Å². The van der Waals surface area contributed by atoms with Crippen LogP contribution in [0.2, 0.25) is 0 Å². The second-order valence-corrected chi connectivity index (χ2v) is 8.74. The van der Waals surface area contributed by atoms with E-state index in [1.807, 2.05) is 11.8 Å². The highest BCUT2D eigenvalue weighted by Crippen LogP contribution is 2.35. The first kappa shape index (κ1) is 20.7. The van der Waals surface area contributed by atoms with Gasteiger partial charge >= 0.3 is 0 Å². The quantitative estimate of drug-likeness (QED) is 0.803. The van der Waals surface area contributed by atoms with Gasteiger partial charge in [-0.05, 0) is 31.4 Å². The molecule has 1 aromatic heterocycles. The molecule has 4 rings (SSSR count). The minimum Gasteiger partial charge on any atom is -0.345 e. The van der Waals surface area contributed by atoms with Crippen LogP contribution in [0.25, 0.3) is 0 Å². The number of fused-ring (bicyclic) bond motifs is 1. The fraction of sp³-hybridized carbons (Fsp3) is 0.476. The number of thiazole rings is 1. The topological polar surface area (TPSA) is 65.5 Å². The normalized spacial score (nSPS) is 18.8. The molecule has 1 saturated heterocycles. The highest BCUT2D eigenvalue weighted by atomic mass is 32.1. The van der Waals surface area contributed by atoms with Crippen molar-refractivity contribution in [2.45, 2.75) is 32.6 Å². The van der Waals surface area contributed by atoms with Gasteiger partial charge in [-0.25, -0.2) is 13.8 Å². The number of halogens is 2. The van der Waals surface area contributed by atoms with E-state index in [1.54, 1.807) is 11.3 Å². The van der Waals surface area contributed by atoms with Crippen molar-refractivity contribution >= 4 is 34.0 Å². The number of rotatable bonds is 4. The molecule has 0 saturated carbocycles.